The lowest BCUT2D eigenvalue weighted by atomic mass is 10.2. The van der Waals surface area contributed by atoms with Crippen LogP contribution < -0.4 is 5.32 Å². The molecule has 4 nitrogen and oxygen atoms in total. The van der Waals surface area contributed by atoms with E-state index < -0.39 is 0 Å². The lowest BCUT2D eigenvalue weighted by Crippen LogP contribution is -2.42. The Bertz CT molecular complexity index is 189. The van der Waals surface area contributed by atoms with E-state index in [-0.39, 0.29) is 18.2 Å². The molecule has 0 spiro atoms. The van der Waals surface area contributed by atoms with Gasteiger partial charge in [-0.15, -0.1) is 0 Å². The quantitative estimate of drug-likeness (QED) is 0.568. The van der Waals surface area contributed by atoms with Crippen molar-refractivity contribution in [2.24, 2.45) is 0 Å². The number of aliphatic hydroxyl groups excluding tert-OH is 1. The van der Waals surface area contributed by atoms with E-state index in [0.717, 1.165) is 25.9 Å². The Balaban J connectivity index is 2.09. The number of nitrogens with one attached hydrogen (secondary N) is 1. The zero-order chi connectivity index (χ0) is 7.90. The van der Waals surface area contributed by atoms with E-state index in [2.05, 4.69) is 5.32 Å². The minimum absolute atomic E-state index is 0.0171. The van der Waals surface area contributed by atoms with Crippen LogP contribution in [-0.4, -0.2) is 41.3 Å². The molecule has 2 rings (SSSR count). The van der Waals surface area contributed by atoms with Gasteiger partial charge in [0.2, 0.25) is 0 Å². The molecule has 0 aromatic heterocycles. The van der Waals surface area contributed by atoms with E-state index in [4.69, 9.17) is 5.11 Å². The van der Waals surface area contributed by atoms with Crippen molar-refractivity contribution in [3.63, 3.8) is 0 Å². The number of nitrogens with zero attached hydrogens (tertiary/aromatic N) is 1. The highest BCUT2D eigenvalue weighted by molar-refractivity contribution is 5.77. The second kappa shape index (κ2) is 2.11. The number of rotatable bonds is 2. The zero-order valence-corrected chi connectivity index (χ0v) is 6.34. The molecular formula is C7H12N2O2. The summed E-state index contributed by atoms with van der Waals surface area (Å²) in [4.78, 5) is 12.9. The molecule has 4 heteroatoms. The van der Waals surface area contributed by atoms with Crippen LogP contribution in [0.1, 0.15) is 12.8 Å². The molecule has 1 saturated carbocycles. The van der Waals surface area contributed by atoms with E-state index in [1.165, 1.54) is 0 Å². The Hall–Kier alpha value is -0.770. The second-order valence-electron chi connectivity index (χ2n) is 3.27. The molecule has 2 aliphatic rings. The summed E-state index contributed by atoms with van der Waals surface area (Å²) in [5, 5.41) is 11.7. The molecule has 1 aliphatic heterocycles. The summed E-state index contributed by atoms with van der Waals surface area (Å²) < 4.78 is 0. The minimum atomic E-state index is -0.180. The first-order valence-electron chi connectivity index (χ1n) is 3.95. The number of urea groups is 1. The molecule has 0 aromatic rings. The molecule has 0 radical (unpaired) electrons. The van der Waals surface area contributed by atoms with Gasteiger partial charge < -0.3 is 15.3 Å². The van der Waals surface area contributed by atoms with Crippen molar-refractivity contribution in [1.29, 1.82) is 0 Å². The Kier molecular flexibility index (Phi) is 1.32. The molecule has 62 valence electrons. The van der Waals surface area contributed by atoms with Crippen molar-refractivity contribution < 1.29 is 9.90 Å². The van der Waals surface area contributed by atoms with E-state index in [1.54, 1.807) is 4.90 Å². The van der Waals surface area contributed by atoms with Crippen LogP contribution in [0.5, 0.6) is 0 Å². The summed E-state index contributed by atoms with van der Waals surface area (Å²) in [6.07, 6.45) is 1.91. The van der Waals surface area contributed by atoms with Crippen LogP contribution in [0, 0.1) is 0 Å². The fourth-order valence-corrected chi connectivity index (χ4v) is 1.58. The predicted octanol–water partition coefficient (Wildman–Crippen LogP) is -0.464. The molecule has 0 unspecified atom stereocenters. The standard InChI is InChI=1S/C7H12N2O2/c10-5-7(1-2-7)9-4-3-8-6(9)11/h10H,1-5H2,(H,8,11). The average Bonchev–Trinajstić information content (AvgIpc) is 2.70. The van der Waals surface area contributed by atoms with Gasteiger partial charge in [0.15, 0.2) is 0 Å². The van der Waals surface area contributed by atoms with Gasteiger partial charge in [-0.2, -0.15) is 0 Å². The largest absolute Gasteiger partial charge is 0.394 e. The van der Waals surface area contributed by atoms with Crippen LogP contribution in [0.3, 0.4) is 0 Å². The van der Waals surface area contributed by atoms with Crippen molar-refractivity contribution in [3.8, 4) is 0 Å². The Morgan fingerprint density at radius 2 is 2.36 bits per heavy atom. The number of carbonyl (C=O) groups is 1. The Labute approximate surface area is 65.2 Å². The highest BCUT2D eigenvalue weighted by atomic mass is 16.3. The average molecular weight is 156 g/mol. The molecule has 1 saturated heterocycles. The maximum atomic E-state index is 11.1. The summed E-state index contributed by atoms with van der Waals surface area (Å²) in [6, 6.07) is -0.0171. The van der Waals surface area contributed by atoms with Gasteiger partial charge in [-0.3, -0.25) is 0 Å². The molecule has 2 fully saturated rings. The van der Waals surface area contributed by atoms with Crippen LogP contribution in [0.15, 0.2) is 0 Å². The van der Waals surface area contributed by atoms with E-state index >= 15 is 0 Å². The summed E-state index contributed by atoms with van der Waals surface area (Å²) in [6.45, 7) is 1.58. The zero-order valence-electron chi connectivity index (χ0n) is 6.34. The molecule has 0 bridgehead atoms. The molecule has 1 heterocycles. The smallest absolute Gasteiger partial charge is 0.318 e. The summed E-state index contributed by atoms with van der Waals surface area (Å²) in [7, 11) is 0. The first-order valence-corrected chi connectivity index (χ1v) is 3.95. The number of hydrogen-bond donors (Lipinski definition) is 2. The second-order valence-corrected chi connectivity index (χ2v) is 3.27. The summed E-state index contributed by atoms with van der Waals surface area (Å²) in [5.41, 5.74) is -0.180. The van der Waals surface area contributed by atoms with Crippen LogP contribution in [0.2, 0.25) is 0 Å². The molecule has 11 heavy (non-hydrogen) atoms. The topological polar surface area (TPSA) is 52.6 Å². The number of carbonyl (C=O) groups excluding carboxylic acids is 1. The maximum absolute atomic E-state index is 11.1. The van der Waals surface area contributed by atoms with Crippen LogP contribution in [0.25, 0.3) is 0 Å². The molecule has 0 atom stereocenters. The third-order valence-electron chi connectivity index (χ3n) is 2.55. The SMILES string of the molecule is O=C1NCCN1C1(CO)CC1. The van der Waals surface area contributed by atoms with Crippen molar-refractivity contribution in [3.05, 3.63) is 0 Å². The first-order chi connectivity index (χ1) is 5.28. The Morgan fingerprint density at radius 1 is 1.64 bits per heavy atom. The van der Waals surface area contributed by atoms with Crippen LogP contribution in [0.4, 0.5) is 4.79 Å². The van der Waals surface area contributed by atoms with Gasteiger partial charge >= 0.3 is 6.03 Å². The van der Waals surface area contributed by atoms with Gasteiger partial charge in [0.1, 0.15) is 0 Å². The highest BCUT2D eigenvalue weighted by Gasteiger charge is 2.50. The minimum Gasteiger partial charge on any atom is -0.394 e. The lowest BCUT2D eigenvalue weighted by molar-refractivity contribution is 0.138. The molecular weight excluding hydrogens is 144 g/mol. The maximum Gasteiger partial charge on any atom is 0.318 e. The van der Waals surface area contributed by atoms with Gasteiger partial charge in [-0.05, 0) is 12.8 Å². The number of aliphatic hydroxyl groups is 1. The molecule has 1 aliphatic carbocycles. The fourth-order valence-electron chi connectivity index (χ4n) is 1.58. The van der Waals surface area contributed by atoms with E-state index in [0.29, 0.717) is 0 Å². The van der Waals surface area contributed by atoms with Gasteiger partial charge in [-0.1, -0.05) is 0 Å². The van der Waals surface area contributed by atoms with Crippen LogP contribution >= 0.6 is 0 Å². The van der Waals surface area contributed by atoms with E-state index in [1.807, 2.05) is 0 Å². The van der Waals surface area contributed by atoms with Crippen molar-refractivity contribution in [1.82, 2.24) is 10.2 Å². The van der Waals surface area contributed by atoms with Crippen molar-refractivity contribution in [2.75, 3.05) is 19.7 Å². The van der Waals surface area contributed by atoms with Gasteiger partial charge in [0, 0.05) is 13.1 Å². The highest BCUT2D eigenvalue weighted by Crippen LogP contribution is 2.41. The summed E-state index contributed by atoms with van der Waals surface area (Å²) >= 11 is 0. The van der Waals surface area contributed by atoms with Crippen molar-refractivity contribution >= 4 is 6.03 Å². The van der Waals surface area contributed by atoms with Gasteiger partial charge in [0.25, 0.3) is 0 Å². The van der Waals surface area contributed by atoms with Crippen molar-refractivity contribution in [2.45, 2.75) is 18.4 Å². The first kappa shape index (κ1) is 6.91. The van der Waals surface area contributed by atoms with E-state index in [9.17, 15) is 4.79 Å². The molecule has 2 amide bonds. The van der Waals surface area contributed by atoms with Gasteiger partial charge in [-0.25, -0.2) is 4.79 Å². The normalized spacial score (nSPS) is 27.0. The third kappa shape index (κ3) is 0.894. The predicted molar refractivity (Wildman–Crippen MR) is 39.2 cm³/mol. The van der Waals surface area contributed by atoms with Gasteiger partial charge in [0.05, 0.1) is 12.1 Å². The summed E-state index contributed by atoms with van der Waals surface area (Å²) in [5.74, 6) is 0. The number of amides is 2. The van der Waals surface area contributed by atoms with Crippen LogP contribution in [-0.2, 0) is 0 Å². The third-order valence-corrected chi connectivity index (χ3v) is 2.55. The molecule has 0 aromatic carbocycles. The fraction of sp³-hybridized carbons (Fsp3) is 0.857. The number of hydrogen-bond acceptors (Lipinski definition) is 2. The lowest BCUT2D eigenvalue weighted by Gasteiger charge is -2.23. The Morgan fingerprint density at radius 3 is 2.73 bits per heavy atom. The monoisotopic (exact) mass is 156 g/mol. The molecule has 2 N–H and O–H groups in total.